The standard InChI is InChI=1S/C2H3.BrH.Eu/c1-2;;/h1H,2H2;1H;. The monoisotopic (exact) mass is 260 g/mol. The summed E-state index contributed by atoms with van der Waals surface area (Å²) in [6, 6.07) is 0. The third-order valence-corrected chi connectivity index (χ3v) is 0. The molecule has 0 spiro atoms. The Morgan fingerprint density at radius 3 is 1.75 bits per heavy atom. The molecule has 0 atom stereocenters. The Bertz CT molecular complexity index is 13.5. The van der Waals surface area contributed by atoms with Crippen LogP contribution in [0.1, 0.15) is 0 Å². The summed E-state index contributed by atoms with van der Waals surface area (Å²) in [5.74, 6) is 0. The fraction of sp³-hybridized carbons (Fsp3) is 0. The van der Waals surface area contributed by atoms with E-state index in [2.05, 4.69) is 6.58 Å². The SMILES string of the molecule is Br.C=[CH][Eu]. The molecule has 0 rings (SSSR count). The summed E-state index contributed by atoms with van der Waals surface area (Å²) in [5, 5.41) is 0. The van der Waals surface area contributed by atoms with E-state index in [1.165, 1.54) is 0 Å². The van der Waals surface area contributed by atoms with Gasteiger partial charge in [0.15, 0.2) is 0 Å². The van der Waals surface area contributed by atoms with Crippen LogP contribution in [0.15, 0.2) is 7.05 Å². The van der Waals surface area contributed by atoms with Crippen LogP contribution < -0.4 is 0 Å². The van der Waals surface area contributed by atoms with Gasteiger partial charge in [-0.05, 0) is 0 Å². The molecular weight excluding hydrogens is 256 g/mol. The van der Waals surface area contributed by atoms with E-state index in [0.29, 0.717) is 0 Å². The first kappa shape index (κ1) is 9.26. The Labute approximate surface area is 69.5 Å². The molecule has 0 aromatic heterocycles. The van der Waals surface area contributed by atoms with Crippen LogP contribution in [0, 0.1) is 47.0 Å². The summed E-state index contributed by atoms with van der Waals surface area (Å²) in [5.41, 5.74) is 0. The molecule has 0 heterocycles. The van der Waals surface area contributed by atoms with Gasteiger partial charge >= 0.3 is 54.1 Å². The van der Waals surface area contributed by atoms with Crippen molar-refractivity contribution in [1.82, 2.24) is 0 Å². The van der Waals surface area contributed by atoms with Crippen molar-refractivity contribution in [3.05, 3.63) is 7.05 Å². The third kappa shape index (κ3) is 9.19. The summed E-state index contributed by atoms with van der Waals surface area (Å²) in [7, 11) is 0. The van der Waals surface area contributed by atoms with Crippen molar-refractivity contribution in [2.75, 3.05) is 0 Å². The van der Waals surface area contributed by atoms with Gasteiger partial charge in [0.1, 0.15) is 0 Å². The quantitative estimate of drug-likeness (QED) is 0.615. The molecule has 0 nitrogen and oxygen atoms in total. The fourth-order valence-corrected chi connectivity index (χ4v) is 0. The molecule has 2 heteroatoms. The van der Waals surface area contributed by atoms with Crippen molar-refractivity contribution in [3.8, 4) is 0 Å². The van der Waals surface area contributed by atoms with Crippen LogP contribution in [0.4, 0.5) is 0 Å². The Morgan fingerprint density at radius 2 is 1.75 bits per heavy atom. The normalized spacial score (nSPS) is 3.25. The molecule has 0 saturated heterocycles. The van der Waals surface area contributed by atoms with E-state index in [-0.39, 0.29) is 17.0 Å². The Balaban J connectivity index is 0. The fourth-order valence-electron chi connectivity index (χ4n) is 0. The molecule has 0 aliphatic rings. The summed E-state index contributed by atoms with van der Waals surface area (Å²) < 4.78 is 1.81. The zero-order valence-electron chi connectivity index (χ0n) is 2.07. The molecule has 0 aromatic carbocycles. The van der Waals surface area contributed by atoms with Crippen molar-refractivity contribution in [2.24, 2.45) is 0 Å². The predicted molar refractivity (Wildman–Crippen MR) is 20.5 cm³/mol. The third-order valence-electron chi connectivity index (χ3n) is 0. The van der Waals surface area contributed by atoms with Gasteiger partial charge < -0.3 is 0 Å². The molecule has 4 heavy (non-hydrogen) atoms. The van der Waals surface area contributed by atoms with Crippen molar-refractivity contribution >= 4 is 17.0 Å². The molecule has 0 bridgehead atoms. The molecule has 0 N–H and O–H groups in total. The second-order valence-electron chi connectivity index (χ2n) is 0.154. The molecule has 0 fully saturated rings. The molecular formula is C2H4BrEu. The van der Waals surface area contributed by atoms with Gasteiger partial charge in [0.25, 0.3) is 0 Å². The van der Waals surface area contributed by atoms with Crippen molar-refractivity contribution in [3.63, 3.8) is 0 Å². The average molecular weight is 260 g/mol. The molecule has 0 radical (unpaired) electrons. The zero-order valence-corrected chi connectivity index (χ0v) is 6.21. The minimum absolute atomic E-state index is 0. The van der Waals surface area contributed by atoms with E-state index >= 15 is 0 Å². The van der Waals surface area contributed by atoms with Crippen LogP contribution in [0.5, 0.6) is 0 Å². The van der Waals surface area contributed by atoms with Gasteiger partial charge in [0, 0.05) is 0 Å². The number of hydrogen-bond acceptors (Lipinski definition) is 0. The first-order valence-corrected chi connectivity index (χ1v) is 2.03. The van der Waals surface area contributed by atoms with Crippen molar-refractivity contribution < 1.29 is 47.0 Å². The second kappa shape index (κ2) is 8.84. The predicted octanol–water partition coefficient (Wildman–Crippen LogP) is 1.26. The number of rotatable bonds is 0. The minimum atomic E-state index is 0. The molecule has 0 aromatic rings. The van der Waals surface area contributed by atoms with E-state index in [1.807, 2.05) is 0 Å². The van der Waals surface area contributed by atoms with E-state index in [0.717, 1.165) is 0 Å². The molecule has 0 saturated carbocycles. The van der Waals surface area contributed by atoms with Gasteiger partial charge in [-0.15, -0.1) is 17.0 Å². The average Bonchev–Trinajstić information content (AvgIpc) is 0.918. The second-order valence-corrected chi connectivity index (χ2v) is 1.14. The van der Waals surface area contributed by atoms with Gasteiger partial charge in [0.05, 0.1) is 0 Å². The van der Waals surface area contributed by atoms with E-state index in [4.69, 9.17) is 0 Å². The van der Waals surface area contributed by atoms with Crippen LogP contribution >= 0.6 is 17.0 Å². The summed E-state index contributed by atoms with van der Waals surface area (Å²) in [6.45, 7) is 3.39. The van der Waals surface area contributed by atoms with E-state index in [1.54, 1.807) is 47.5 Å². The van der Waals surface area contributed by atoms with Crippen molar-refractivity contribution in [1.29, 1.82) is 0 Å². The van der Waals surface area contributed by atoms with E-state index < -0.39 is 0 Å². The van der Waals surface area contributed by atoms with Gasteiger partial charge in [-0.3, -0.25) is 0 Å². The zero-order chi connectivity index (χ0) is 2.71. The number of halogens is 1. The van der Waals surface area contributed by atoms with Crippen LogP contribution in [0.2, 0.25) is 0 Å². The Morgan fingerprint density at radius 1 is 1.75 bits per heavy atom. The maximum absolute atomic E-state index is 3.39. The van der Waals surface area contributed by atoms with Crippen LogP contribution in [-0.4, -0.2) is 0 Å². The first-order chi connectivity index (χ1) is 1.41. The van der Waals surface area contributed by atoms with Gasteiger partial charge in [0.2, 0.25) is 0 Å². The summed E-state index contributed by atoms with van der Waals surface area (Å²) in [6.07, 6.45) is 0. The molecule has 0 aliphatic heterocycles. The first-order valence-electron chi connectivity index (χ1n) is 0.626. The number of hydrogen-bond donors (Lipinski definition) is 0. The molecule has 26 valence electrons. The Hall–Kier alpha value is 1.80. The Kier molecular flexibility index (Phi) is 20.5. The van der Waals surface area contributed by atoms with Crippen LogP contribution in [-0.2, 0) is 0 Å². The molecule has 0 unspecified atom stereocenters. The molecule has 0 aliphatic carbocycles. The topological polar surface area (TPSA) is 0 Å². The van der Waals surface area contributed by atoms with Crippen LogP contribution in [0.3, 0.4) is 0 Å². The van der Waals surface area contributed by atoms with Crippen molar-refractivity contribution in [2.45, 2.75) is 0 Å². The van der Waals surface area contributed by atoms with Gasteiger partial charge in [-0.1, -0.05) is 0 Å². The summed E-state index contributed by atoms with van der Waals surface area (Å²) in [4.78, 5) is 0. The molecule has 0 amide bonds. The van der Waals surface area contributed by atoms with Crippen LogP contribution in [0.25, 0.3) is 0 Å². The maximum atomic E-state index is 3.39. The van der Waals surface area contributed by atoms with Gasteiger partial charge in [-0.2, -0.15) is 0 Å². The van der Waals surface area contributed by atoms with E-state index in [9.17, 15) is 0 Å². The van der Waals surface area contributed by atoms with Gasteiger partial charge in [-0.25, -0.2) is 0 Å². The summed E-state index contributed by atoms with van der Waals surface area (Å²) >= 11 is 1.59.